The van der Waals surface area contributed by atoms with Crippen LogP contribution < -0.4 is 4.74 Å². The fourth-order valence-electron chi connectivity index (χ4n) is 4.48. The van der Waals surface area contributed by atoms with Gasteiger partial charge in [0.15, 0.2) is 12.6 Å². The van der Waals surface area contributed by atoms with Gasteiger partial charge in [-0.3, -0.25) is 0 Å². The summed E-state index contributed by atoms with van der Waals surface area (Å²) < 4.78 is 28.8. The lowest BCUT2D eigenvalue weighted by atomic mass is 9.94. The lowest BCUT2D eigenvalue weighted by Crippen LogP contribution is -2.34. The first-order valence-electron chi connectivity index (χ1n) is 12.6. The first-order valence-corrected chi connectivity index (χ1v) is 12.6. The molecule has 2 aliphatic rings. The number of esters is 1. The molecule has 2 N–H and O–H groups in total. The summed E-state index contributed by atoms with van der Waals surface area (Å²) in [5, 5.41) is 20.1. The molecule has 1 saturated heterocycles. The van der Waals surface area contributed by atoms with Crippen molar-refractivity contribution in [2.75, 3.05) is 20.5 Å². The number of methoxy groups -OCH3 is 1. The number of aliphatic hydroxyl groups is 2. The van der Waals surface area contributed by atoms with Gasteiger partial charge in [-0.25, -0.2) is 4.79 Å². The number of benzene rings is 1. The van der Waals surface area contributed by atoms with Crippen LogP contribution in [0.4, 0.5) is 0 Å². The van der Waals surface area contributed by atoms with Crippen LogP contribution in [0.15, 0.2) is 30.4 Å². The van der Waals surface area contributed by atoms with Crippen molar-refractivity contribution in [3.8, 4) is 5.75 Å². The average molecular weight is 505 g/mol. The van der Waals surface area contributed by atoms with E-state index in [2.05, 4.69) is 0 Å². The van der Waals surface area contributed by atoms with E-state index in [-0.39, 0.29) is 25.4 Å². The molecule has 2 heterocycles. The normalized spacial score (nSPS) is 30.0. The highest BCUT2D eigenvalue weighted by molar-refractivity contribution is 5.97. The van der Waals surface area contributed by atoms with Gasteiger partial charge in [0.25, 0.3) is 0 Å². The molecule has 8 heteroatoms. The zero-order chi connectivity index (χ0) is 26.3. The van der Waals surface area contributed by atoms with Crippen LogP contribution in [0.3, 0.4) is 0 Å². The number of carbonyl (C=O) groups is 1. The summed E-state index contributed by atoms with van der Waals surface area (Å²) in [6.07, 6.45) is 7.69. The Balaban J connectivity index is 2.08. The zero-order valence-electron chi connectivity index (χ0n) is 21.9. The molecule has 1 unspecified atom stereocenters. The van der Waals surface area contributed by atoms with Gasteiger partial charge in [0.1, 0.15) is 29.6 Å². The fraction of sp³-hybridized carbons (Fsp3) is 0.607. The molecule has 1 fully saturated rings. The van der Waals surface area contributed by atoms with E-state index in [9.17, 15) is 15.0 Å². The Bertz CT molecular complexity index is 938. The highest BCUT2D eigenvalue weighted by Crippen LogP contribution is 2.34. The predicted molar refractivity (Wildman–Crippen MR) is 136 cm³/mol. The van der Waals surface area contributed by atoms with Gasteiger partial charge in [0, 0.05) is 19.6 Å². The number of cyclic esters (lactones) is 1. The minimum absolute atomic E-state index is 0.0100. The minimum Gasteiger partial charge on any atom is -0.467 e. The van der Waals surface area contributed by atoms with Crippen LogP contribution in [-0.4, -0.2) is 66.9 Å². The average Bonchev–Trinajstić information content (AvgIpc) is 3.15. The van der Waals surface area contributed by atoms with Crippen LogP contribution >= 0.6 is 0 Å². The summed E-state index contributed by atoms with van der Waals surface area (Å²) in [6, 6.07) is 3.70. The number of fused-ring (bicyclic) bond motifs is 2. The van der Waals surface area contributed by atoms with Crippen LogP contribution in [-0.2, 0) is 25.4 Å². The molecule has 1 aromatic carbocycles. The lowest BCUT2D eigenvalue weighted by molar-refractivity contribution is -0.152. The molecule has 5 atom stereocenters. The van der Waals surface area contributed by atoms with Crippen molar-refractivity contribution in [1.82, 2.24) is 0 Å². The molecule has 0 bridgehead atoms. The first-order chi connectivity index (χ1) is 17.2. The Hall–Kier alpha value is -2.23. The number of unbranched alkanes of at least 4 members (excludes halogenated alkanes) is 1. The molecule has 0 amide bonds. The molecule has 0 saturated carbocycles. The quantitative estimate of drug-likeness (QED) is 0.248. The Morgan fingerprint density at radius 1 is 1.14 bits per heavy atom. The lowest BCUT2D eigenvalue weighted by Gasteiger charge is -2.23. The van der Waals surface area contributed by atoms with Crippen molar-refractivity contribution >= 4 is 12.0 Å². The van der Waals surface area contributed by atoms with Gasteiger partial charge < -0.3 is 33.9 Å². The standard InChI is InChI=1S/C28H40O8/c1-18-12-14-22(30)26-24(35-28(3,4)36-26)11-8-10-21-20(9-6-7-16-29)13-15-23(33-17-32-5)25(21)27(31)34-19(18)2/h8,10,12-15,18-19,22,24,26,29-30H,6-7,9,11,16-17H2,1-5H3/b10-8+,14-12-/t18-,19+,22?,24+,26-/m1/s1. The summed E-state index contributed by atoms with van der Waals surface area (Å²) in [5.74, 6) is -1.09. The second-order valence-corrected chi connectivity index (χ2v) is 9.86. The van der Waals surface area contributed by atoms with Gasteiger partial charge in [0.05, 0.1) is 6.10 Å². The maximum atomic E-state index is 13.5. The third kappa shape index (κ3) is 7.17. The van der Waals surface area contributed by atoms with Gasteiger partial charge in [0.2, 0.25) is 0 Å². The molecule has 1 aromatic rings. The van der Waals surface area contributed by atoms with Crippen LogP contribution in [0, 0.1) is 5.92 Å². The maximum Gasteiger partial charge on any atom is 0.342 e. The van der Waals surface area contributed by atoms with Gasteiger partial charge in [-0.1, -0.05) is 37.3 Å². The summed E-state index contributed by atoms with van der Waals surface area (Å²) in [7, 11) is 1.52. The summed E-state index contributed by atoms with van der Waals surface area (Å²) in [6.45, 7) is 7.51. The van der Waals surface area contributed by atoms with E-state index in [1.165, 1.54) is 7.11 Å². The number of hydrogen-bond donors (Lipinski definition) is 2. The van der Waals surface area contributed by atoms with E-state index in [0.717, 1.165) is 12.0 Å². The summed E-state index contributed by atoms with van der Waals surface area (Å²) in [4.78, 5) is 13.5. The number of rotatable bonds is 7. The van der Waals surface area contributed by atoms with E-state index in [1.807, 2.05) is 52.0 Å². The second kappa shape index (κ2) is 12.8. The molecule has 0 aliphatic carbocycles. The van der Waals surface area contributed by atoms with E-state index in [0.29, 0.717) is 36.1 Å². The third-order valence-electron chi connectivity index (χ3n) is 6.54. The number of ether oxygens (including phenoxy) is 5. The Kier molecular flexibility index (Phi) is 10.1. The fourth-order valence-corrected chi connectivity index (χ4v) is 4.48. The SMILES string of the molecule is COCOc1ccc(CCCCO)c2c1C(=O)O[C@@H](C)[C@H](C)/C=C\C(O)[C@H]1OC(C)(C)O[C@H]1C/C=C/2. The van der Waals surface area contributed by atoms with Gasteiger partial charge in [-0.2, -0.15) is 0 Å². The van der Waals surface area contributed by atoms with Crippen LogP contribution in [0.1, 0.15) is 68.4 Å². The molecule has 0 spiro atoms. The Morgan fingerprint density at radius 2 is 1.92 bits per heavy atom. The Morgan fingerprint density at radius 3 is 2.64 bits per heavy atom. The number of carbonyl (C=O) groups excluding carboxylic acids is 1. The second-order valence-electron chi connectivity index (χ2n) is 9.86. The van der Waals surface area contributed by atoms with Crippen LogP contribution in [0.2, 0.25) is 0 Å². The first kappa shape index (κ1) is 28.3. The van der Waals surface area contributed by atoms with Crippen molar-refractivity contribution < 1.29 is 38.7 Å². The molecule has 8 nitrogen and oxygen atoms in total. The van der Waals surface area contributed by atoms with Crippen molar-refractivity contribution in [2.45, 2.75) is 83.6 Å². The molecule has 36 heavy (non-hydrogen) atoms. The number of aliphatic hydroxyl groups excluding tert-OH is 2. The van der Waals surface area contributed by atoms with E-state index >= 15 is 0 Å². The van der Waals surface area contributed by atoms with Gasteiger partial charge in [-0.05, 0) is 63.6 Å². The van der Waals surface area contributed by atoms with Crippen molar-refractivity contribution in [3.63, 3.8) is 0 Å². The van der Waals surface area contributed by atoms with Crippen molar-refractivity contribution in [2.24, 2.45) is 5.92 Å². The smallest absolute Gasteiger partial charge is 0.342 e. The van der Waals surface area contributed by atoms with Gasteiger partial charge in [-0.15, -0.1) is 0 Å². The molecule has 3 rings (SSSR count). The molecular formula is C28H40O8. The molecule has 2 aliphatic heterocycles. The molecule has 200 valence electrons. The van der Waals surface area contributed by atoms with Crippen molar-refractivity contribution in [3.05, 3.63) is 47.1 Å². The van der Waals surface area contributed by atoms with Crippen molar-refractivity contribution in [1.29, 1.82) is 0 Å². The summed E-state index contributed by atoms with van der Waals surface area (Å²) >= 11 is 0. The molecule has 0 radical (unpaired) electrons. The highest BCUT2D eigenvalue weighted by Gasteiger charge is 2.43. The number of hydrogen-bond acceptors (Lipinski definition) is 8. The third-order valence-corrected chi connectivity index (χ3v) is 6.54. The molecular weight excluding hydrogens is 464 g/mol. The van der Waals surface area contributed by atoms with Gasteiger partial charge >= 0.3 is 5.97 Å². The largest absolute Gasteiger partial charge is 0.467 e. The van der Waals surface area contributed by atoms with E-state index < -0.39 is 30.1 Å². The number of aryl methyl sites for hydroxylation is 1. The van der Waals surface area contributed by atoms with Crippen LogP contribution in [0.5, 0.6) is 5.75 Å². The predicted octanol–water partition coefficient (Wildman–Crippen LogP) is 4.02. The molecule has 0 aromatic heterocycles. The topological polar surface area (TPSA) is 104 Å². The highest BCUT2D eigenvalue weighted by atomic mass is 16.8. The zero-order valence-corrected chi connectivity index (χ0v) is 21.9. The monoisotopic (exact) mass is 504 g/mol. The Labute approximate surface area is 213 Å². The summed E-state index contributed by atoms with van der Waals surface area (Å²) in [5.41, 5.74) is 1.99. The maximum absolute atomic E-state index is 13.5. The van der Waals surface area contributed by atoms with E-state index in [4.69, 9.17) is 23.7 Å². The van der Waals surface area contributed by atoms with Crippen LogP contribution in [0.25, 0.3) is 6.08 Å². The minimum atomic E-state index is -0.867. The van der Waals surface area contributed by atoms with E-state index in [1.54, 1.807) is 12.1 Å².